The van der Waals surface area contributed by atoms with E-state index in [2.05, 4.69) is 0 Å². The Morgan fingerprint density at radius 3 is 2.45 bits per heavy atom. The van der Waals surface area contributed by atoms with E-state index in [0.717, 1.165) is 0 Å². The van der Waals surface area contributed by atoms with Gasteiger partial charge in [-0.25, -0.2) is 4.79 Å². The second kappa shape index (κ2) is 7.57. The van der Waals surface area contributed by atoms with Crippen LogP contribution in [-0.4, -0.2) is 34.8 Å². The Hall–Kier alpha value is -2.50. The molecule has 1 aliphatic heterocycles. The molecule has 31 heavy (non-hydrogen) atoms. The van der Waals surface area contributed by atoms with Gasteiger partial charge in [0.15, 0.2) is 6.10 Å². The van der Waals surface area contributed by atoms with Gasteiger partial charge in [-0.15, -0.1) is 0 Å². The van der Waals surface area contributed by atoms with Crippen LogP contribution in [0.25, 0.3) is 22.0 Å². The second-order valence-corrected chi connectivity index (χ2v) is 9.32. The number of aromatic nitrogens is 1. The fourth-order valence-corrected chi connectivity index (χ4v) is 4.40. The summed E-state index contributed by atoms with van der Waals surface area (Å²) in [5, 5.41) is 11.4. The highest BCUT2D eigenvalue weighted by molar-refractivity contribution is 6.30. The number of nitrogens with zero attached hydrogens (tertiary/aromatic N) is 2. The summed E-state index contributed by atoms with van der Waals surface area (Å²) in [5.41, 5.74) is 2.91. The number of hydrogen-bond donors (Lipinski definition) is 1. The van der Waals surface area contributed by atoms with Crippen molar-refractivity contribution < 1.29 is 20.1 Å². The molecule has 164 valence electrons. The predicted molar refractivity (Wildman–Crippen MR) is 126 cm³/mol. The number of carboxylic acids is 1. The third kappa shape index (κ3) is 3.70. The van der Waals surface area contributed by atoms with Crippen molar-refractivity contribution in [3.05, 3.63) is 52.2 Å². The number of carbonyl (C=O) groups is 1. The van der Waals surface area contributed by atoms with Crippen LogP contribution in [-0.2, 0) is 16.0 Å². The van der Waals surface area contributed by atoms with E-state index in [9.17, 15) is 9.90 Å². The zero-order valence-corrected chi connectivity index (χ0v) is 19.3. The van der Waals surface area contributed by atoms with Gasteiger partial charge in [0.05, 0.1) is 22.3 Å². The van der Waals surface area contributed by atoms with Gasteiger partial charge in [0, 0.05) is 41.7 Å². The molecule has 0 bridgehead atoms. The fourth-order valence-electron chi connectivity index (χ4n) is 4.28. The van der Waals surface area contributed by atoms with Crippen molar-refractivity contribution in [1.29, 1.82) is 0 Å². The average Bonchev–Trinajstić information content (AvgIpc) is 3.07. The molecule has 1 aliphatic rings. The summed E-state index contributed by atoms with van der Waals surface area (Å²) >= 11 is 6.14. The summed E-state index contributed by atoms with van der Waals surface area (Å²) in [7, 11) is 1.50. The molecule has 0 aliphatic carbocycles. The number of benzene rings is 2. The fraction of sp³-hybridized carbons (Fsp3) is 0.400. The molecule has 0 unspecified atom stereocenters. The number of halogens is 1. The van der Waals surface area contributed by atoms with Gasteiger partial charge < -0.3 is 19.3 Å². The lowest BCUT2D eigenvalue weighted by atomic mass is 9.87. The van der Waals surface area contributed by atoms with Crippen LogP contribution < -0.4 is 4.90 Å². The van der Waals surface area contributed by atoms with Gasteiger partial charge >= 0.3 is 5.97 Å². The Morgan fingerprint density at radius 2 is 1.87 bits per heavy atom. The van der Waals surface area contributed by atoms with Crippen molar-refractivity contribution >= 4 is 34.2 Å². The quantitative estimate of drug-likeness (QED) is 0.538. The van der Waals surface area contributed by atoms with Gasteiger partial charge in [-0.05, 0) is 69.5 Å². The van der Waals surface area contributed by atoms with Crippen LogP contribution in [0.2, 0.25) is 5.02 Å². The number of carboxylic acid groups (broad SMARTS) is 1. The molecule has 1 atom stereocenters. The van der Waals surface area contributed by atoms with Gasteiger partial charge in [0.2, 0.25) is 0 Å². The van der Waals surface area contributed by atoms with Crippen molar-refractivity contribution in [2.24, 2.45) is 0 Å². The second-order valence-electron chi connectivity index (χ2n) is 8.88. The lowest BCUT2D eigenvalue weighted by Crippen LogP contribution is -2.31. The first-order valence-corrected chi connectivity index (χ1v) is 10.5. The number of anilines is 1. The maximum absolute atomic E-state index is 12.6. The largest absolute Gasteiger partial charge is 0.479 e. The zero-order valence-electron chi connectivity index (χ0n) is 22.5. The molecule has 3 aromatic rings. The van der Waals surface area contributed by atoms with E-state index in [1.54, 1.807) is 65.0 Å². The van der Waals surface area contributed by atoms with Crippen LogP contribution in [0.5, 0.6) is 0 Å². The molecule has 0 fully saturated rings. The van der Waals surface area contributed by atoms with E-state index in [1.165, 1.54) is 16.5 Å². The first-order chi connectivity index (χ1) is 16.0. The Labute approximate surface area is 193 Å². The first kappa shape index (κ1) is 17.1. The minimum absolute atomic E-state index is 0.402. The SMILES string of the molecule is [2H]C1([2H])N(C)c2c(C)c([C@H](OC(C)(C)C)C(=O)O)c(-c3ccc(Cl)cc3)c3cc(C)n(c23)C1([2H])[2H]. The molecule has 1 N–H and O–H groups in total. The number of hydrogen-bond acceptors (Lipinski definition) is 3. The van der Waals surface area contributed by atoms with Crippen molar-refractivity contribution in [2.75, 3.05) is 18.4 Å². The van der Waals surface area contributed by atoms with E-state index in [1.807, 2.05) is 0 Å². The summed E-state index contributed by atoms with van der Waals surface area (Å²) in [6.07, 6.45) is -1.34. The normalized spacial score (nSPS) is 20.0. The molecule has 4 rings (SSSR count). The molecule has 1 aromatic heterocycles. The predicted octanol–water partition coefficient (Wildman–Crippen LogP) is 5.97. The number of aliphatic carboxylic acids is 1. The summed E-state index contributed by atoms with van der Waals surface area (Å²) in [4.78, 5) is 13.9. The molecule has 6 heteroatoms. The molecule has 0 radical (unpaired) electrons. The van der Waals surface area contributed by atoms with E-state index in [-0.39, 0.29) is 0 Å². The Bertz CT molecular complexity index is 1340. The van der Waals surface area contributed by atoms with Gasteiger partial charge in [-0.1, -0.05) is 23.7 Å². The maximum atomic E-state index is 12.6. The average molecular weight is 445 g/mol. The Morgan fingerprint density at radius 1 is 1.23 bits per heavy atom. The van der Waals surface area contributed by atoms with Crippen LogP contribution in [0.1, 0.15) is 49.2 Å². The van der Waals surface area contributed by atoms with Gasteiger partial charge in [-0.2, -0.15) is 0 Å². The smallest absolute Gasteiger partial charge is 0.337 e. The molecule has 5 nitrogen and oxygen atoms in total. The van der Waals surface area contributed by atoms with Crippen molar-refractivity contribution in [3.63, 3.8) is 0 Å². The molecule has 2 aromatic carbocycles. The zero-order chi connectivity index (χ0) is 26.2. The summed E-state index contributed by atoms with van der Waals surface area (Å²) in [5.74, 6) is -1.17. The number of ether oxygens (including phenoxy) is 1. The van der Waals surface area contributed by atoms with Crippen LogP contribution in [0.3, 0.4) is 0 Å². The highest BCUT2D eigenvalue weighted by atomic mass is 35.5. The Kier molecular flexibility index (Phi) is 4.18. The van der Waals surface area contributed by atoms with Crippen molar-refractivity contribution in [3.8, 4) is 11.1 Å². The van der Waals surface area contributed by atoms with Gasteiger partial charge in [0.1, 0.15) is 0 Å². The van der Waals surface area contributed by atoms with Gasteiger partial charge in [-0.3, -0.25) is 0 Å². The molecule has 0 saturated heterocycles. The number of likely N-dealkylation sites (N-methyl/N-ethyl adjacent to an activating group) is 1. The third-order valence-electron chi connectivity index (χ3n) is 5.46. The maximum Gasteiger partial charge on any atom is 0.337 e. The molecule has 0 spiro atoms. The number of rotatable bonds is 4. The van der Waals surface area contributed by atoms with Crippen LogP contribution in [0.4, 0.5) is 5.69 Å². The van der Waals surface area contributed by atoms with E-state index in [0.29, 0.717) is 49.6 Å². The first-order valence-electron chi connectivity index (χ1n) is 12.1. The summed E-state index contributed by atoms with van der Waals surface area (Å²) in [6, 6.07) is 8.82. The standard InChI is InChI=1S/C25H29ClN2O3/c1-14-13-18-20(16-7-9-17(26)10-8-16)19(23(24(29)30)31-25(3,4)5)15(2)21-22(18)28(14)12-11-27(21)6/h7-10,13,23H,11-12H2,1-6H3,(H,29,30)/t23-/m0/s1/i11D2,12D2. The molecular formula is C25H29ClN2O3. The lowest BCUT2D eigenvalue weighted by Gasteiger charge is -2.34. The molecular weight excluding hydrogens is 412 g/mol. The lowest BCUT2D eigenvalue weighted by molar-refractivity contribution is -0.160. The van der Waals surface area contributed by atoms with Crippen LogP contribution >= 0.6 is 11.6 Å². The minimum atomic E-state index is -2.40. The van der Waals surface area contributed by atoms with E-state index >= 15 is 0 Å². The van der Waals surface area contributed by atoms with E-state index < -0.39 is 30.7 Å². The van der Waals surface area contributed by atoms with Crippen LogP contribution in [0, 0.1) is 13.8 Å². The molecule has 0 saturated carbocycles. The van der Waals surface area contributed by atoms with Crippen molar-refractivity contribution in [2.45, 2.75) is 52.8 Å². The highest BCUT2D eigenvalue weighted by Crippen LogP contribution is 2.47. The highest BCUT2D eigenvalue weighted by Gasteiger charge is 2.35. The summed E-state index contributed by atoms with van der Waals surface area (Å²) < 4.78 is 42.2. The van der Waals surface area contributed by atoms with E-state index in [4.69, 9.17) is 21.8 Å². The molecule has 0 amide bonds. The topological polar surface area (TPSA) is 54.7 Å². The monoisotopic (exact) mass is 444 g/mol. The van der Waals surface area contributed by atoms with Crippen LogP contribution in [0.15, 0.2) is 30.3 Å². The third-order valence-corrected chi connectivity index (χ3v) is 5.71. The number of aryl methyl sites for hydroxylation is 2. The Balaban J connectivity index is 2.24. The minimum Gasteiger partial charge on any atom is -0.479 e. The summed E-state index contributed by atoms with van der Waals surface area (Å²) in [6.45, 7) is 4.04. The van der Waals surface area contributed by atoms with Gasteiger partial charge in [0.25, 0.3) is 0 Å². The van der Waals surface area contributed by atoms with Crippen molar-refractivity contribution in [1.82, 2.24) is 4.57 Å². The molecule has 2 heterocycles.